The van der Waals surface area contributed by atoms with Crippen LogP contribution >= 0.6 is 0 Å². The second-order valence-electron chi connectivity index (χ2n) is 6.53. The van der Waals surface area contributed by atoms with Crippen LogP contribution in [0.2, 0.25) is 0 Å². The van der Waals surface area contributed by atoms with Crippen LogP contribution in [0, 0.1) is 5.92 Å². The number of carbonyl (C=O) groups excluding carboxylic acids is 1. The number of rotatable bonds is 2. The van der Waals surface area contributed by atoms with Gasteiger partial charge in [0.2, 0.25) is 0 Å². The van der Waals surface area contributed by atoms with E-state index in [0.29, 0.717) is 5.69 Å². The molecule has 0 radical (unpaired) electrons. The number of likely N-dealkylation sites (N-methyl/N-ethyl adjacent to an activating group) is 1. The Labute approximate surface area is 132 Å². The number of piperidine rings is 1. The van der Waals surface area contributed by atoms with Gasteiger partial charge in [0.05, 0.1) is 0 Å². The van der Waals surface area contributed by atoms with E-state index in [1.165, 1.54) is 6.33 Å². The van der Waals surface area contributed by atoms with E-state index in [-0.39, 0.29) is 5.91 Å². The lowest BCUT2D eigenvalue weighted by Crippen LogP contribution is -2.45. The van der Waals surface area contributed by atoms with Crippen molar-refractivity contribution >= 4 is 11.7 Å². The number of hydrogen-bond donors (Lipinski definition) is 0. The van der Waals surface area contributed by atoms with Crippen LogP contribution in [0.5, 0.6) is 0 Å². The molecular formula is C16H25N5O. The maximum Gasteiger partial charge on any atom is 0.272 e. The molecule has 2 fully saturated rings. The molecule has 3 heterocycles. The fourth-order valence-electron chi connectivity index (χ4n) is 3.05. The number of nitrogens with zero attached hydrogens (tertiary/aromatic N) is 5. The van der Waals surface area contributed by atoms with E-state index in [4.69, 9.17) is 0 Å². The molecule has 2 aliphatic rings. The minimum absolute atomic E-state index is 0.0460. The van der Waals surface area contributed by atoms with Gasteiger partial charge in [0.15, 0.2) is 0 Å². The Morgan fingerprint density at radius 2 is 1.77 bits per heavy atom. The third kappa shape index (κ3) is 3.38. The van der Waals surface area contributed by atoms with Crippen molar-refractivity contribution in [3.05, 3.63) is 18.1 Å². The van der Waals surface area contributed by atoms with Gasteiger partial charge in [-0.25, -0.2) is 9.97 Å². The molecule has 1 aromatic rings. The van der Waals surface area contributed by atoms with Crippen molar-refractivity contribution in [3.63, 3.8) is 0 Å². The molecule has 22 heavy (non-hydrogen) atoms. The molecule has 6 heteroatoms. The van der Waals surface area contributed by atoms with Crippen LogP contribution in [0.4, 0.5) is 5.82 Å². The molecule has 0 atom stereocenters. The highest BCUT2D eigenvalue weighted by molar-refractivity contribution is 5.93. The van der Waals surface area contributed by atoms with Gasteiger partial charge < -0.3 is 14.7 Å². The zero-order valence-corrected chi connectivity index (χ0v) is 13.5. The highest BCUT2D eigenvalue weighted by atomic mass is 16.2. The highest BCUT2D eigenvalue weighted by Crippen LogP contribution is 2.19. The summed E-state index contributed by atoms with van der Waals surface area (Å²) in [5.74, 6) is 1.64. The van der Waals surface area contributed by atoms with Gasteiger partial charge in [0.25, 0.3) is 5.91 Å². The maximum absolute atomic E-state index is 12.6. The molecule has 0 aromatic carbocycles. The van der Waals surface area contributed by atoms with E-state index in [1.54, 1.807) is 0 Å². The summed E-state index contributed by atoms with van der Waals surface area (Å²) in [6.07, 6.45) is 3.69. The number of likely N-dealkylation sites (tertiary alicyclic amines) is 1. The number of carbonyl (C=O) groups is 1. The third-order valence-corrected chi connectivity index (χ3v) is 4.77. The first kappa shape index (κ1) is 15.2. The van der Waals surface area contributed by atoms with E-state index >= 15 is 0 Å². The number of hydrogen-bond acceptors (Lipinski definition) is 5. The lowest BCUT2D eigenvalue weighted by Gasteiger charge is -2.33. The Morgan fingerprint density at radius 3 is 2.45 bits per heavy atom. The van der Waals surface area contributed by atoms with Crippen molar-refractivity contribution in [3.8, 4) is 0 Å². The first-order valence-electron chi connectivity index (χ1n) is 8.18. The molecule has 0 spiro atoms. The van der Waals surface area contributed by atoms with Gasteiger partial charge in [0, 0.05) is 45.3 Å². The molecule has 2 aliphatic heterocycles. The molecule has 6 nitrogen and oxygen atoms in total. The molecule has 1 amide bonds. The molecule has 0 saturated carbocycles. The van der Waals surface area contributed by atoms with E-state index in [2.05, 4.69) is 33.7 Å². The smallest absolute Gasteiger partial charge is 0.272 e. The summed E-state index contributed by atoms with van der Waals surface area (Å²) in [6, 6.07) is 1.85. The van der Waals surface area contributed by atoms with Gasteiger partial charge in [-0.2, -0.15) is 0 Å². The Balaban J connectivity index is 1.69. The minimum Gasteiger partial charge on any atom is -0.354 e. The van der Waals surface area contributed by atoms with Crippen molar-refractivity contribution in [1.82, 2.24) is 19.8 Å². The standard InChI is InChI=1S/C16H25N5O/c1-13-3-5-21(6-4-13)16(22)14-11-15(18-12-17-14)20-9-7-19(2)8-10-20/h11-13H,3-10H2,1-2H3. The molecular weight excluding hydrogens is 278 g/mol. The van der Waals surface area contributed by atoms with Crippen LogP contribution in [0.25, 0.3) is 0 Å². The van der Waals surface area contributed by atoms with Gasteiger partial charge in [-0.3, -0.25) is 4.79 Å². The van der Waals surface area contributed by atoms with Crippen molar-refractivity contribution in [2.75, 3.05) is 51.2 Å². The third-order valence-electron chi connectivity index (χ3n) is 4.77. The van der Waals surface area contributed by atoms with Crippen molar-refractivity contribution < 1.29 is 4.79 Å². The van der Waals surface area contributed by atoms with Crippen molar-refractivity contribution in [2.24, 2.45) is 5.92 Å². The molecule has 2 saturated heterocycles. The van der Waals surface area contributed by atoms with Crippen LogP contribution < -0.4 is 4.90 Å². The first-order chi connectivity index (χ1) is 10.6. The van der Waals surface area contributed by atoms with Crippen LogP contribution in [-0.4, -0.2) is 72.0 Å². The number of piperazine rings is 1. The molecule has 3 rings (SSSR count). The monoisotopic (exact) mass is 303 g/mol. The molecule has 0 aliphatic carbocycles. The second-order valence-corrected chi connectivity index (χ2v) is 6.53. The van der Waals surface area contributed by atoms with E-state index in [9.17, 15) is 4.79 Å². The van der Waals surface area contributed by atoms with Crippen LogP contribution in [0.1, 0.15) is 30.3 Å². The summed E-state index contributed by atoms with van der Waals surface area (Å²) in [6.45, 7) is 7.87. The van der Waals surface area contributed by atoms with Gasteiger partial charge in [-0.1, -0.05) is 6.92 Å². The lowest BCUT2D eigenvalue weighted by atomic mass is 9.99. The quantitative estimate of drug-likeness (QED) is 0.819. The summed E-state index contributed by atoms with van der Waals surface area (Å²) in [4.78, 5) is 27.6. The van der Waals surface area contributed by atoms with Crippen LogP contribution in [-0.2, 0) is 0 Å². The maximum atomic E-state index is 12.6. The number of anilines is 1. The molecule has 0 bridgehead atoms. The predicted molar refractivity (Wildman–Crippen MR) is 86.0 cm³/mol. The second kappa shape index (κ2) is 6.60. The number of aromatic nitrogens is 2. The van der Waals surface area contributed by atoms with E-state index in [1.807, 2.05) is 11.0 Å². The van der Waals surface area contributed by atoms with Crippen molar-refractivity contribution in [1.29, 1.82) is 0 Å². The Hall–Kier alpha value is -1.69. The fraction of sp³-hybridized carbons (Fsp3) is 0.688. The zero-order chi connectivity index (χ0) is 15.5. The molecule has 1 aromatic heterocycles. The summed E-state index contributed by atoms with van der Waals surface area (Å²) < 4.78 is 0. The molecule has 0 unspecified atom stereocenters. The predicted octanol–water partition coefficient (Wildman–Crippen LogP) is 1.10. The first-order valence-corrected chi connectivity index (χ1v) is 8.18. The summed E-state index contributed by atoms with van der Waals surface area (Å²) in [5.41, 5.74) is 0.526. The Bertz CT molecular complexity index is 519. The van der Waals surface area contributed by atoms with Gasteiger partial charge in [0.1, 0.15) is 17.8 Å². The largest absolute Gasteiger partial charge is 0.354 e. The van der Waals surface area contributed by atoms with Gasteiger partial charge in [-0.05, 0) is 25.8 Å². The van der Waals surface area contributed by atoms with Crippen LogP contribution in [0.3, 0.4) is 0 Å². The topological polar surface area (TPSA) is 52.6 Å². The normalized spacial score (nSPS) is 21.2. The molecule has 0 N–H and O–H groups in total. The summed E-state index contributed by atoms with van der Waals surface area (Å²) in [5, 5.41) is 0. The zero-order valence-electron chi connectivity index (χ0n) is 13.5. The average molecular weight is 303 g/mol. The highest BCUT2D eigenvalue weighted by Gasteiger charge is 2.23. The van der Waals surface area contributed by atoms with Gasteiger partial charge >= 0.3 is 0 Å². The fourth-order valence-corrected chi connectivity index (χ4v) is 3.05. The van der Waals surface area contributed by atoms with Crippen LogP contribution in [0.15, 0.2) is 12.4 Å². The summed E-state index contributed by atoms with van der Waals surface area (Å²) >= 11 is 0. The molecule has 120 valence electrons. The van der Waals surface area contributed by atoms with Crippen molar-refractivity contribution in [2.45, 2.75) is 19.8 Å². The van der Waals surface area contributed by atoms with E-state index < -0.39 is 0 Å². The van der Waals surface area contributed by atoms with E-state index in [0.717, 1.165) is 63.8 Å². The lowest BCUT2D eigenvalue weighted by molar-refractivity contribution is 0.0691. The van der Waals surface area contributed by atoms with Gasteiger partial charge in [-0.15, -0.1) is 0 Å². The Kier molecular flexibility index (Phi) is 4.57. The SMILES string of the molecule is CC1CCN(C(=O)c2cc(N3CCN(C)CC3)ncn2)CC1. The average Bonchev–Trinajstić information content (AvgIpc) is 2.56. The minimum atomic E-state index is 0.0460. The number of amides is 1. The Morgan fingerprint density at radius 1 is 1.09 bits per heavy atom. The summed E-state index contributed by atoms with van der Waals surface area (Å²) in [7, 11) is 2.13.